The molecule has 0 aromatic carbocycles. The second-order valence-electron chi connectivity index (χ2n) is 5.84. The normalized spacial score (nSPS) is 15.5. The Morgan fingerprint density at radius 3 is 2.50 bits per heavy atom. The van der Waals surface area contributed by atoms with Gasteiger partial charge in [0.25, 0.3) is 0 Å². The number of ether oxygens (including phenoxy) is 1. The average Bonchev–Trinajstić information content (AvgIpc) is 2.48. The van der Waals surface area contributed by atoms with E-state index < -0.39 is 0 Å². The number of aromatic nitrogens is 2. The van der Waals surface area contributed by atoms with E-state index in [0.29, 0.717) is 5.92 Å². The first-order valence-corrected chi connectivity index (χ1v) is 7.74. The third-order valence-corrected chi connectivity index (χ3v) is 4.45. The van der Waals surface area contributed by atoms with E-state index in [2.05, 4.69) is 33.0 Å². The van der Waals surface area contributed by atoms with Crippen LogP contribution in [-0.4, -0.2) is 23.6 Å². The minimum Gasteiger partial charge on any atom is -0.370 e. The largest absolute Gasteiger partial charge is 0.370 e. The van der Waals surface area contributed by atoms with Crippen LogP contribution >= 0.6 is 0 Å². The van der Waals surface area contributed by atoms with Crippen molar-refractivity contribution in [3.05, 3.63) is 22.8 Å². The molecule has 0 bridgehead atoms. The van der Waals surface area contributed by atoms with Gasteiger partial charge in [-0.1, -0.05) is 27.7 Å². The summed E-state index contributed by atoms with van der Waals surface area (Å²) in [6.45, 7) is 10.6. The van der Waals surface area contributed by atoms with Gasteiger partial charge in [0.1, 0.15) is 5.60 Å². The summed E-state index contributed by atoms with van der Waals surface area (Å²) in [5, 5.41) is 3.43. The highest BCUT2D eigenvalue weighted by Crippen LogP contribution is 2.32. The summed E-state index contributed by atoms with van der Waals surface area (Å²) in [7, 11) is 1.77. The predicted molar refractivity (Wildman–Crippen MR) is 80.8 cm³/mol. The van der Waals surface area contributed by atoms with Gasteiger partial charge in [0.15, 0.2) is 5.82 Å². The molecule has 1 aromatic heterocycles. The Kier molecular flexibility index (Phi) is 4.76. The number of nitrogens with one attached hydrogen (secondary N) is 1. The number of nitrogens with zero attached hydrogens (tertiary/aromatic N) is 2. The molecule has 0 atom stereocenters. The maximum atomic E-state index is 5.81. The maximum Gasteiger partial charge on any atom is 0.160 e. The average molecular weight is 277 g/mol. The molecule has 1 aliphatic rings. The molecule has 2 heterocycles. The van der Waals surface area contributed by atoms with Crippen LogP contribution in [0.4, 0.5) is 0 Å². The van der Waals surface area contributed by atoms with E-state index in [1.165, 1.54) is 17.0 Å². The van der Waals surface area contributed by atoms with Gasteiger partial charge in [0, 0.05) is 32.2 Å². The molecule has 0 unspecified atom stereocenters. The topological polar surface area (TPSA) is 47.0 Å². The molecule has 0 spiro atoms. The Balaban J connectivity index is 2.57. The Hall–Kier alpha value is -1.00. The monoisotopic (exact) mass is 277 g/mol. The molecule has 1 aromatic rings. The fourth-order valence-corrected chi connectivity index (χ4v) is 3.00. The zero-order valence-electron chi connectivity index (χ0n) is 13.4. The van der Waals surface area contributed by atoms with Crippen molar-refractivity contribution in [3.63, 3.8) is 0 Å². The Labute approximate surface area is 122 Å². The fourth-order valence-electron chi connectivity index (χ4n) is 3.00. The second-order valence-corrected chi connectivity index (χ2v) is 5.84. The fraction of sp³-hybridized carbons (Fsp3) is 0.750. The van der Waals surface area contributed by atoms with Gasteiger partial charge in [-0.3, -0.25) is 0 Å². The molecule has 0 amide bonds. The van der Waals surface area contributed by atoms with Gasteiger partial charge < -0.3 is 10.1 Å². The Morgan fingerprint density at radius 1 is 1.25 bits per heavy atom. The second kappa shape index (κ2) is 6.19. The molecule has 2 rings (SSSR count). The molecule has 0 fully saturated rings. The van der Waals surface area contributed by atoms with Crippen LogP contribution in [0.5, 0.6) is 0 Å². The summed E-state index contributed by atoms with van der Waals surface area (Å²) >= 11 is 0. The first kappa shape index (κ1) is 15.4. The summed E-state index contributed by atoms with van der Waals surface area (Å²) in [4.78, 5) is 9.76. The van der Waals surface area contributed by atoms with Crippen LogP contribution in [0.3, 0.4) is 0 Å². The zero-order chi connectivity index (χ0) is 14.8. The van der Waals surface area contributed by atoms with Gasteiger partial charge in [-0.2, -0.15) is 0 Å². The van der Waals surface area contributed by atoms with E-state index in [1.807, 2.05) is 0 Å². The van der Waals surface area contributed by atoms with E-state index in [4.69, 9.17) is 14.7 Å². The molecular formula is C16H27N3O. The number of fused-ring (bicyclic) bond motifs is 1. The smallest absolute Gasteiger partial charge is 0.160 e. The minimum absolute atomic E-state index is 0.344. The summed E-state index contributed by atoms with van der Waals surface area (Å²) < 4.78 is 5.81. The van der Waals surface area contributed by atoms with E-state index >= 15 is 0 Å². The lowest BCUT2D eigenvalue weighted by atomic mass is 9.93. The lowest BCUT2D eigenvalue weighted by Gasteiger charge is -2.31. The van der Waals surface area contributed by atoms with Crippen molar-refractivity contribution in [2.45, 2.75) is 65.0 Å². The lowest BCUT2D eigenvalue weighted by Crippen LogP contribution is -2.33. The molecule has 1 N–H and O–H groups in total. The first-order chi connectivity index (χ1) is 9.57. The minimum atomic E-state index is -0.344. The van der Waals surface area contributed by atoms with Gasteiger partial charge in [-0.05, 0) is 18.8 Å². The summed E-state index contributed by atoms with van der Waals surface area (Å²) in [6.07, 6.45) is 2.78. The molecule has 0 aliphatic carbocycles. The standard InChI is InChI=1S/C16H27N3O/c1-6-16(7-2,20-5)15-18-13-8-9-17-10-12(13)14(19-15)11(3)4/h11,17H,6-10H2,1-5H3. The van der Waals surface area contributed by atoms with Crippen LogP contribution in [0, 0.1) is 0 Å². The van der Waals surface area contributed by atoms with Gasteiger partial charge in [-0.25, -0.2) is 9.97 Å². The van der Waals surface area contributed by atoms with Gasteiger partial charge in [-0.15, -0.1) is 0 Å². The highest BCUT2D eigenvalue weighted by Gasteiger charge is 2.33. The van der Waals surface area contributed by atoms with E-state index in [-0.39, 0.29) is 5.60 Å². The van der Waals surface area contributed by atoms with Gasteiger partial charge in [0.05, 0.1) is 11.4 Å². The summed E-state index contributed by atoms with van der Waals surface area (Å²) in [6, 6.07) is 0. The van der Waals surface area contributed by atoms with Gasteiger partial charge >= 0.3 is 0 Å². The maximum absolute atomic E-state index is 5.81. The first-order valence-electron chi connectivity index (χ1n) is 7.74. The van der Waals surface area contributed by atoms with Crippen LogP contribution in [0.15, 0.2) is 0 Å². The molecule has 20 heavy (non-hydrogen) atoms. The number of hydrogen-bond donors (Lipinski definition) is 1. The van der Waals surface area contributed by atoms with Crippen molar-refractivity contribution >= 4 is 0 Å². The van der Waals surface area contributed by atoms with E-state index in [1.54, 1.807) is 7.11 Å². The Morgan fingerprint density at radius 2 is 1.95 bits per heavy atom. The Bertz CT molecular complexity index is 459. The molecular weight excluding hydrogens is 250 g/mol. The van der Waals surface area contributed by atoms with Crippen molar-refractivity contribution in [3.8, 4) is 0 Å². The van der Waals surface area contributed by atoms with Crippen molar-refractivity contribution in [2.75, 3.05) is 13.7 Å². The summed E-state index contributed by atoms with van der Waals surface area (Å²) in [5.41, 5.74) is 3.34. The number of rotatable bonds is 5. The van der Waals surface area contributed by atoms with Gasteiger partial charge in [0.2, 0.25) is 0 Å². The van der Waals surface area contributed by atoms with Crippen LogP contribution in [0.1, 0.15) is 69.2 Å². The third kappa shape index (κ3) is 2.59. The molecule has 0 saturated carbocycles. The highest BCUT2D eigenvalue weighted by atomic mass is 16.5. The van der Waals surface area contributed by atoms with Crippen LogP contribution in [-0.2, 0) is 23.3 Å². The van der Waals surface area contributed by atoms with Crippen LogP contribution in [0.2, 0.25) is 0 Å². The van der Waals surface area contributed by atoms with Crippen molar-refractivity contribution in [1.29, 1.82) is 0 Å². The number of methoxy groups -OCH3 is 1. The highest BCUT2D eigenvalue weighted by molar-refractivity contribution is 5.31. The van der Waals surface area contributed by atoms with E-state index in [0.717, 1.165) is 38.2 Å². The molecule has 0 saturated heterocycles. The zero-order valence-corrected chi connectivity index (χ0v) is 13.4. The summed E-state index contributed by atoms with van der Waals surface area (Å²) in [5.74, 6) is 1.28. The number of hydrogen-bond acceptors (Lipinski definition) is 4. The van der Waals surface area contributed by atoms with Crippen molar-refractivity contribution in [1.82, 2.24) is 15.3 Å². The predicted octanol–water partition coefficient (Wildman–Crippen LogP) is 2.91. The van der Waals surface area contributed by atoms with Crippen molar-refractivity contribution < 1.29 is 4.74 Å². The molecule has 4 nitrogen and oxygen atoms in total. The van der Waals surface area contributed by atoms with Crippen LogP contribution < -0.4 is 5.32 Å². The lowest BCUT2D eigenvalue weighted by molar-refractivity contribution is -0.0295. The molecule has 1 aliphatic heterocycles. The molecule has 4 heteroatoms. The molecule has 112 valence electrons. The van der Waals surface area contributed by atoms with E-state index in [9.17, 15) is 0 Å². The van der Waals surface area contributed by atoms with Crippen molar-refractivity contribution in [2.24, 2.45) is 0 Å². The molecule has 0 radical (unpaired) electrons. The van der Waals surface area contributed by atoms with Crippen LogP contribution in [0.25, 0.3) is 0 Å². The SMILES string of the molecule is CCC(CC)(OC)c1nc2c(c(C(C)C)n1)CNCC2. The quantitative estimate of drug-likeness (QED) is 0.899. The third-order valence-electron chi connectivity index (χ3n) is 4.45.